The maximum atomic E-state index is 9.47. The fourth-order valence-electron chi connectivity index (χ4n) is 1.71. The average Bonchev–Trinajstić information content (AvgIpc) is 2.36. The van der Waals surface area contributed by atoms with Gasteiger partial charge in [0, 0.05) is 6.54 Å². The lowest BCUT2D eigenvalue weighted by atomic mass is 10.0. The van der Waals surface area contributed by atoms with Gasteiger partial charge in [-0.15, -0.1) is 0 Å². The Bertz CT molecular complexity index is 315. The fraction of sp³-hybridized carbons (Fsp3) is 0.571. The Labute approximate surface area is 104 Å². The van der Waals surface area contributed by atoms with Crippen molar-refractivity contribution in [2.75, 3.05) is 13.2 Å². The smallest absolute Gasteiger partial charge is 0.119 e. The molecule has 1 unspecified atom stereocenters. The molecule has 0 aliphatic rings. The van der Waals surface area contributed by atoms with Crippen LogP contribution < -0.4 is 10.5 Å². The number of nitrogens with two attached hydrogens (primary N) is 1. The first-order chi connectivity index (χ1) is 8.26. The zero-order valence-electron chi connectivity index (χ0n) is 10.6. The normalized spacial score (nSPS) is 12.4. The van der Waals surface area contributed by atoms with Gasteiger partial charge in [0.25, 0.3) is 0 Å². The predicted octanol–water partition coefficient (Wildman–Crippen LogP) is 2.12. The van der Waals surface area contributed by atoms with Crippen LogP contribution in [0.3, 0.4) is 0 Å². The minimum absolute atomic E-state index is 0.160. The fourth-order valence-corrected chi connectivity index (χ4v) is 1.71. The van der Waals surface area contributed by atoms with Gasteiger partial charge in [-0.2, -0.15) is 0 Å². The highest BCUT2D eigenvalue weighted by molar-refractivity contribution is 5.28. The van der Waals surface area contributed by atoms with Gasteiger partial charge in [-0.3, -0.25) is 0 Å². The number of aryl methyl sites for hydroxylation is 1. The summed E-state index contributed by atoms with van der Waals surface area (Å²) in [5.41, 5.74) is 6.64. The summed E-state index contributed by atoms with van der Waals surface area (Å²) in [6.45, 7) is 3.09. The molecule has 17 heavy (non-hydrogen) atoms. The summed E-state index contributed by atoms with van der Waals surface area (Å²) in [4.78, 5) is 0. The van der Waals surface area contributed by atoms with Gasteiger partial charge in [0.15, 0.2) is 0 Å². The van der Waals surface area contributed by atoms with E-state index in [9.17, 15) is 5.11 Å². The van der Waals surface area contributed by atoms with E-state index in [1.54, 1.807) is 0 Å². The van der Waals surface area contributed by atoms with E-state index in [1.165, 1.54) is 5.56 Å². The summed E-state index contributed by atoms with van der Waals surface area (Å²) >= 11 is 0. The highest BCUT2D eigenvalue weighted by Gasteiger charge is 2.01. The lowest BCUT2D eigenvalue weighted by molar-refractivity contribution is 0.158. The molecule has 0 bridgehead atoms. The Morgan fingerprint density at radius 2 is 2.24 bits per heavy atom. The van der Waals surface area contributed by atoms with Crippen molar-refractivity contribution in [2.24, 2.45) is 5.73 Å². The summed E-state index contributed by atoms with van der Waals surface area (Å²) in [5, 5.41) is 9.47. The van der Waals surface area contributed by atoms with Gasteiger partial charge in [0.05, 0.1) is 6.10 Å². The second kappa shape index (κ2) is 8.09. The highest BCUT2D eigenvalue weighted by Crippen LogP contribution is 2.15. The number of hydrogen-bond donors (Lipinski definition) is 2. The molecule has 1 rings (SSSR count). The molecule has 0 radical (unpaired) electrons. The quantitative estimate of drug-likeness (QED) is 0.728. The standard InChI is InChI=1S/C14H23NO2/c1-2-13(16)7-3-5-12-6-4-8-14(11-12)17-10-9-15/h4,6,8,11,13,16H,2-3,5,7,9-10,15H2,1H3. The van der Waals surface area contributed by atoms with E-state index in [4.69, 9.17) is 10.5 Å². The third-order valence-corrected chi connectivity index (χ3v) is 2.76. The Balaban J connectivity index is 2.37. The van der Waals surface area contributed by atoms with Crippen molar-refractivity contribution >= 4 is 0 Å². The predicted molar refractivity (Wildman–Crippen MR) is 70.2 cm³/mol. The molecule has 0 aliphatic heterocycles. The van der Waals surface area contributed by atoms with Crippen molar-refractivity contribution < 1.29 is 9.84 Å². The minimum Gasteiger partial charge on any atom is -0.492 e. The van der Waals surface area contributed by atoms with Crippen LogP contribution in [0.5, 0.6) is 5.75 Å². The summed E-state index contributed by atoms with van der Waals surface area (Å²) < 4.78 is 5.47. The van der Waals surface area contributed by atoms with Crippen molar-refractivity contribution in [3.63, 3.8) is 0 Å². The molecule has 0 aliphatic carbocycles. The zero-order valence-corrected chi connectivity index (χ0v) is 10.6. The molecule has 1 atom stereocenters. The second-order valence-corrected chi connectivity index (χ2v) is 4.24. The number of aliphatic hydroxyl groups is 1. The maximum absolute atomic E-state index is 9.47. The van der Waals surface area contributed by atoms with Crippen molar-refractivity contribution in [1.29, 1.82) is 0 Å². The van der Waals surface area contributed by atoms with Gasteiger partial charge in [0.1, 0.15) is 12.4 Å². The van der Waals surface area contributed by atoms with Crippen molar-refractivity contribution in [3.05, 3.63) is 29.8 Å². The molecule has 3 nitrogen and oxygen atoms in total. The Morgan fingerprint density at radius 3 is 2.94 bits per heavy atom. The average molecular weight is 237 g/mol. The first kappa shape index (κ1) is 14.0. The van der Waals surface area contributed by atoms with Crippen LogP contribution in [-0.4, -0.2) is 24.4 Å². The molecule has 3 heteroatoms. The van der Waals surface area contributed by atoms with Crippen LogP contribution in [0.1, 0.15) is 31.7 Å². The molecule has 0 spiro atoms. The van der Waals surface area contributed by atoms with Gasteiger partial charge in [-0.25, -0.2) is 0 Å². The van der Waals surface area contributed by atoms with E-state index in [2.05, 4.69) is 6.07 Å². The lowest BCUT2D eigenvalue weighted by Gasteiger charge is -2.09. The Morgan fingerprint density at radius 1 is 1.41 bits per heavy atom. The highest BCUT2D eigenvalue weighted by atomic mass is 16.5. The van der Waals surface area contributed by atoms with E-state index >= 15 is 0 Å². The van der Waals surface area contributed by atoms with Crippen LogP contribution in [0.4, 0.5) is 0 Å². The van der Waals surface area contributed by atoms with Crippen LogP contribution >= 0.6 is 0 Å². The van der Waals surface area contributed by atoms with Gasteiger partial charge >= 0.3 is 0 Å². The van der Waals surface area contributed by atoms with Gasteiger partial charge in [-0.1, -0.05) is 19.1 Å². The number of aliphatic hydroxyl groups excluding tert-OH is 1. The van der Waals surface area contributed by atoms with Crippen LogP contribution in [0.25, 0.3) is 0 Å². The molecule has 1 aromatic carbocycles. The van der Waals surface area contributed by atoms with Crippen molar-refractivity contribution in [2.45, 2.75) is 38.7 Å². The van der Waals surface area contributed by atoms with Crippen molar-refractivity contribution in [1.82, 2.24) is 0 Å². The Kier molecular flexibility index (Phi) is 6.67. The Hall–Kier alpha value is -1.06. The van der Waals surface area contributed by atoms with E-state index in [0.29, 0.717) is 13.2 Å². The van der Waals surface area contributed by atoms with Gasteiger partial charge in [0.2, 0.25) is 0 Å². The van der Waals surface area contributed by atoms with E-state index < -0.39 is 0 Å². The molecule has 1 aromatic rings. The maximum Gasteiger partial charge on any atom is 0.119 e. The number of ether oxygens (including phenoxy) is 1. The van der Waals surface area contributed by atoms with Crippen LogP contribution in [-0.2, 0) is 6.42 Å². The van der Waals surface area contributed by atoms with Crippen molar-refractivity contribution in [3.8, 4) is 5.75 Å². The van der Waals surface area contributed by atoms with E-state index in [-0.39, 0.29) is 6.10 Å². The van der Waals surface area contributed by atoms with Crippen LogP contribution in [0.15, 0.2) is 24.3 Å². The molecule has 0 heterocycles. The largest absolute Gasteiger partial charge is 0.492 e. The first-order valence-electron chi connectivity index (χ1n) is 6.36. The lowest BCUT2D eigenvalue weighted by Crippen LogP contribution is -2.10. The molecular formula is C14H23NO2. The summed E-state index contributed by atoms with van der Waals surface area (Å²) in [6.07, 6.45) is 3.53. The van der Waals surface area contributed by atoms with Crippen LogP contribution in [0, 0.1) is 0 Å². The number of rotatable bonds is 8. The molecular weight excluding hydrogens is 214 g/mol. The molecule has 96 valence electrons. The minimum atomic E-state index is -0.160. The SMILES string of the molecule is CCC(O)CCCc1cccc(OCCN)c1. The summed E-state index contributed by atoms with van der Waals surface area (Å²) in [6, 6.07) is 8.08. The second-order valence-electron chi connectivity index (χ2n) is 4.24. The van der Waals surface area contributed by atoms with Gasteiger partial charge in [-0.05, 0) is 43.4 Å². The molecule has 0 saturated carbocycles. The third-order valence-electron chi connectivity index (χ3n) is 2.76. The topological polar surface area (TPSA) is 55.5 Å². The summed E-state index contributed by atoms with van der Waals surface area (Å²) in [5.74, 6) is 0.879. The molecule has 0 amide bonds. The van der Waals surface area contributed by atoms with Gasteiger partial charge < -0.3 is 15.6 Å². The zero-order chi connectivity index (χ0) is 12.5. The number of hydrogen-bond acceptors (Lipinski definition) is 3. The molecule has 0 saturated heterocycles. The molecule has 0 fully saturated rings. The molecule has 3 N–H and O–H groups in total. The number of benzene rings is 1. The monoisotopic (exact) mass is 237 g/mol. The molecule has 0 aromatic heterocycles. The first-order valence-corrected chi connectivity index (χ1v) is 6.36. The van der Waals surface area contributed by atoms with E-state index in [0.717, 1.165) is 31.4 Å². The van der Waals surface area contributed by atoms with E-state index in [1.807, 2.05) is 25.1 Å². The van der Waals surface area contributed by atoms with Crippen LogP contribution in [0.2, 0.25) is 0 Å². The summed E-state index contributed by atoms with van der Waals surface area (Å²) in [7, 11) is 0. The third kappa shape index (κ3) is 5.71.